The first-order valence-electron chi connectivity index (χ1n) is 3.86. The largest absolute Gasteiger partial charge is 0.491 e. The van der Waals surface area contributed by atoms with Crippen molar-refractivity contribution < 1.29 is 10.0 Å². The van der Waals surface area contributed by atoms with Gasteiger partial charge in [-0.3, -0.25) is 0 Å². The average Bonchev–Trinajstić information content (AvgIpc) is 2.52. The molecule has 0 saturated carbocycles. The monoisotopic (exact) mass is 336 g/mol. The number of fused-ring (bicyclic) bond motifs is 1. The first-order chi connectivity index (χ1) is 6.61. The van der Waals surface area contributed by atoms with Crippen LogP contribution in [0.5, 0.6) is 0 Å². The minimum atomic E-state index is -1.46. The molecule has 0 atom stereocenters. The maximum absolute atomic E-state index is 9.26. The van der Waals surface area contributed by atoms with Crippen LogP contribution in [0, 0.1) is 3.57 Å². The molecule has 0 aliphatic rings. The van der Waals surface area contributed by atoms with E-state index in [9.17, 15) is 10.0 Å². The molecule has 2 N–H and O–H groups in total. The second kappa shape index (κ2) is 4.01. The predicted octanol–water partition coefficient (Wildman–Crippen LogP) is 1.47. The zero-order valence-corrected chi connectivity index (χ0v) is 10.8. The van der Waals surface area contributed by atoms with Gasteiger partial charge >= 0.3 is 7.12 Å². The van der Waals surface area contributed by atoms with E-state index in [0.29, 0.717) is 10.4 Å². The molecule has 0 radical (unpaired) electrons. The van der Waals surface area contributed by atoms with Crippen LogP contribution in [-0.4, -0.2) is 17.2 Å². The normalized spacial score (nSPS) is 10.9. The molecule has 1 aromatic carbocycles. The lowest BCUT2D eigenvalue weighted by Gasteiger charge is -2.07. The van der Waals surface area contributed by atoms with E-state index in [1.54, 1.807) is 0 Å². The van der Waals surface area contributed by atoms with Gasteiger partial charge in [0.25, 0.3) is 0 Å². The van der Waals surface area contributed by atoms with Crippen LogP contribution < -0.4 is 5.46 Å². The lowest BCUT2D eigenvalue weighted by atomic mass is 9.80. The third-order valence-electron chi connectivity index (χ3n) is 1.96. The molecule has 1 heterocycles. The van der Waals surface area contributed by atoms with Crippen LogP contribution in [0.4, 0.5) is 0 Å². The standard InChI is InChI=1S/C8H6BIO2S2/c10-5-3-4-1-2-14-8(4)6(7(5)13)9(11)12/h1-3,11-13H. The van der Waals surface area contributed by atoms with Crippen molar-refractivity contribution in [2.45, 2.75) is 4.90 Å². The predicted molar refractivity (Wildman–Crippen MR) is 71.6 cm³/mol. The van der Waals surface area contributed by atoms with Crippen LogP contribution in [0.15, 0.2) is 22.4 Å². The summed E-state index contributed by atoms with van der Waals surface area (Å²) in [5.74, 6) is 0. The summed E-state index contributed by atoms with van der Waals surface area (Å²) in [6.45, 7) is 0. The zero-order valence-electron chi connectivity index (χ0n) is 6.94. The molecule has 72 valence electrons. The highest BCUT2D eigenvalue weighted by Gasteiger charge is 2.20. The van der Waals surface area contributed by atoms with Crippen molar-refractivity contribution in [2.24, 2.45) is 0 Å². The van der Waals surface area contributed by atoms with Crippen molar-refractivity contribution in [3.8, 4) is 0 Å². The lowest BCUT2D eigenvalue weighted by molar-refractivity contribution is 0.425. The number of rotatable bonds is 1. The molecule has 0 saturated heterocycles. The average molecular weight is 336 g/mol. The van der Waals surface area contributed by atoms with Crippen molar-refractivity contribution in [2.75, 3.05) is 0 Å². The van der Waals surface area contributed by atoms with Gasteiger partial charge < -0.3 is 10.0 Å². The van der Waals surface area contributed by atoms with E-state index in [2.05, 4.69) is 35.2 Å². The fourth-order valence-corrected chi connectivity index (χ4v) is 3.27. The lowest BCUT2D eigenvalue weighted by Crippen LogP contribution is -2.32. The van der Waals surface area contributed by atoms with E-state index in [1.807, 2.05) is 17.5 Å². The van der Waals surface area contributed by atoms with Gasteiger partial charge in [-0.05, 0) is 45.5 Å². The Morgan fingerprint density at radius 3 is 2.79 bits per heavy atom. The first-order valence-corrected chi connectivity index (χ1v) is 6.26. The fourth-order valence-electron chi connectivity index (χ4n) is 1.33. The summed E-state index contributed by atoms with van der Waals surface area (Å²) in [5.41, 5.74) is 0.505. The van der Waals surface area contributed by atoms with Crippen LogP contribution in [0.3, 0.4) is 0 Å². The second-order valence-corrected chi connectivity index (χ2v) is 5.36. The van der Waals surface area contributed by atoms with Gasteiger partial charge in [-0.2, -0.15) is 0 Å². The molecule has 0 spiro atoms. The van der Waals surface area contributed by atoms with Crippen LogP contribution in [0.2, 0.25) is 0 Å². The number of thiophene rings is 1. The molecule has 0 amide bonds. The summed E-state index contributed by atoms with van der Waals surface area (Å²) in [7, 11) is -1.46. The third-order valence-corrected chi connectivity index (χ3v) is 4.68. The molecular formula is C8H6BIO2S2. The quantitative estimate of drug-likeness (QED) is 0.419. The molecule has 0 aliphatic heterocycles. The number of thiol groups is 1. The maximum Gasteiger partial charge on any atom is 0.491 e. The van der Waals surface area contributed by atoms with E-state index in [1.165, 1.54) is 11.3 Å². The van der Waals surface area contributed by atoms with Gasteiger partial charge in [-0.25, -0.2) is 0 Å². The minimum absolute atomic E-state index is 0.505. The summed E-state index contributed by atoms with van der Waals surface area (Å²) in [4.78, 5) is 0.649. The summed E-state index contributed by atoms with van der Waals surface area (Å²) in [6.07, 6.45) is 0. The van der Waals surface area contributed by atoms with Gasteiger partial charge in [0, 0.05) is 18.6 Å². The van der Waals surface area contributed by atoms with Gasteiger partial charge in [0.2, 0.25) is 0 Å². The van der Waals surface area contributed by atoms with E-state index in [-0.39, 0.29) is 0 Å². The Labute approximate surface area is 105 Å². The fraction of sp³-hybridized carbons (Fsp3) is 0. The maximum atomic E-state index is 9.26. The molecule has 2 rings (SSSR count). The molecule has 6 heteroatoms. The van der Waals surface area contributed by atoms with Gasteiger partial charge in [-0.1, -0.05) is 0 Å². The Kier molecular flexibility index (Phi) is 3.08. The second-order valence-electron chi connectivity index (χ2n) is 2.83. The van der Waals surface area contributed by atoms with Crippen molar-refractivity contribution >= 4 is 69.2 Å². The Hall–Kier alpha value is 0.245. The number of hydrogen-bond acceptors (Lipinski definition) is 4. The highest BCUT2D eigenvalue weighted by molar-refractivity contribution is 14.1. The van der Waals surface area contributed by atoms with Crippen molar-refractivity contribution in [1.82, 2.24) is 0 Å². The minimum Gasteiger partial charge on any atom is -0.423 e. The zero-order chi connectivity index (χ0) is 10.3. The summed E-state index contributed by atoms with van der Waals surface area (Å²) < 4.78 is 1.82. The summed E-state index contributed by atoms with van der Waals surface area (Å²) >= 11 is 7.91. The van der Waals surface area contributed by atoms with Gasteiger partial charge in [0.05, 0.1) is 0 Å². The molecule has 0 bridgehead atoms. The highest BCUT2D eigenvalue weighted by atomic mass is 127. The number of halogens is 1. The smallest absolute Gasteiger partial charge is 0.423 e. The summed E-state index contributed by atoms with van der Waals surface area (Å²) in [6, 6.07) is 3.95. The van der Waals surface area contributed by atoms with E-state index < -0.39 is 7.12 Å². The Balaban J connectivity index is 2.86. The molecule has 2 aromatic rings. The molecular weight excluding hydrogens is 330 g/mol. The number of benzene rings is 1. The Bertz CT molecular complexity index is 483. The molecule has 0 unspecified atom stereocenters. The SMILES string of the molecule is OB(O)c1c(S)c(I)cc2ccsc12. The third kappa shape index (κ3) is 1.69. The number of hydrogen-bond donors (Lipinski definition) is 3. The topological polar surface area (TPSA) is 40.5 Å². The van der Waals surface area contributed by atoms with Gasteiger partial charge in [-0.15, -0.1) is 24.0 Å². The Morgan fingerprint density at radius 2 is 2.14 bits per heavy atom. The summed E-state index contributed by atoms with van der Waals surface area (Å²) in [5, 5.41) is 21.5. The van der Waals surface area contributed by atoms with Crippen LogP contribution in [0.25, 0.3) is 10.1 Å². The van der Waals surface area contributed by atoms with Crippen molar-refractivity contribution in [3.05, 3.63) is 21.1 Å². The molecule has 1 aromatic heterocycles. The molecule has 2 nitrogen and oxygen atoms in total. The Morgan fingerprint density at radius 1 is 1.43 bits per heavy atom. The van der Waals surface area contributed by atoms with Gasteiger partial charge in [0.15, 0.2) is 0 Å². The van der Waals surface area contributed by atoms with Crippen molar-refractivity contribution in [1.29, 1.82) is 0 Å². The highest BCUT2D eigenvalue weighted by Crippen LogP contribution is 2.26. The van der Waals surface area contributed by atoms with E-state index in [0.717, 1.165) is 13.7 Å². The molecule has 0 fully saturated rings. The van der Waals surface area contributed by atoms with Crippen LogP contribution in [0.1, 0.15) is 0 Å². The molecule has 14 heavy (non-hydrogen) atoms. The molecule has 0 aliphatic carbocycles. The first kappa shape index (κ1) is 10.8. The van der Waals surface area contributed by atoms with Crippen molar-refractivity contribution in [3.63, 3.8) is 0 Å². The van der Waals surface area contributed by atoms with Crippen LogP contribution >= 0.6 is 46.6 Å². The van der Waals surface area contributed by atoms with Crippen LogP contribution in [-0.2, 0) is 0 Å². The van der Waals surface area contributed by atoms with Gasteiger partial charge in [0.1, 0.15) is 0 Å². The van der Waals surface area contributed by atoms with E-state index >= 15 is 0 Å². The van der Waals surface area contributed by atoms with E-state index in [4.69, 9.17) is 0 Å².